The number of methoxy groups -OCH3 is 1. The van der Waals surface area contributed by atoms with E-state index in [4.69, 9.17) is 21.3 Å². The van der Waals surface area contributed by atoms with Crippen LogP contribution in [-0.2, 0) is 6.42 Å². The number of piperidine rings is 1. The largest absolute Gasteiger partial charge is 0.497 e. The molecule has 1 fully saturated rings. The number of ether oxygens (including phenoxy) is 1. The fourth-order valence-electron chi connectivity index (χ4n) is 3.17. The van der Waals surface area contributed by atoms with E-state index in [1.54, 1.807) is 7.11 Å². The number of halogens is 1. The Morgan fingerprint density at radius 3 is 2.76 bits per heavy atom. The summed E-state index contributed by atoms with van der Waals surface area (Å²) >= 11 is 5.97. The van der Waals surface area contributed by atoms with Crippen molar-refractivity contribution in [2.24, 2.45) is 0 Å². The molecule has 0 amide bonds. The van der Waals surface area contributed by atoms with E-state index in [1.807, 2.05) is 12.1 Å². The molecule has 2 heterocycles. The molecule has 0 saturated carbocycles. The minimum atomic E-state index is 0.511. The first-order valence-corrected chi connectivity index (χ1v) is 8.05. The third-order valence-corrected chi connectivity index (χ3v) is 4.53. The van der Waals surface area contributed by atoms with Gasteiger partial charge in [0.05, 0.1) is 18.1 Å². The van der Waals surface area contributed by atoms with Crippen molar-refractivity contribution in [3.63, 3.8) is 0 Å². The van der Waals surface area contributed by atoms with Gasteiger partial charge in [0.1, 0.15) is 11.6 Å². The molecule has 2 aromatic rings. The van der Waals surface area contributed by atoms with Crippen LogP contribution in [0.3, 0.4) is 0 Å². The van der Waals surface area contributed by atoms with Gasteiger partial charge in [0, 0.05) is 24.4 Å². The minimum Gasteiger partial charge on any atom is -0.497 e. The smallest absolute Gasteiger partial charge is 0.121 e. The van der Waals surface area contributed by atoms with Crippen molar-refractivity contribution < 1.29 is 4.74 Å². The van der Waals surface area contributed by atoms with Crippen molar-refractivity contribution in [2.75, 3.05) is 33.1 Å². The average molecular weight is 308 g/mol. The number of imidazole rings is 1. The summed E-state index contributed by atoms with van der Waals surface area (Å²) in [6, 6.07) is 6.62. The van der Waals surface area contributed by atoms with E-state index < -0.39 is 0 Å². The van der Waals surface area contributed by atoms with Crippen LogP contribution in [0.5, 0.6) is 5.75 Å². The molecule has 4 nitrogen and oxygen atoms in total. The highest BCUT2D eigenvalue weighted by molar-refractivity contribution is 6.17. The lowest BCUT2D eigenvalue weighted by molar-refractivity contribution is 0.221. The molecule has 1 saturated heterocycles. The van der Waals surface area contributed by atoms with Crippen LogP contribution in [0, 0.1) is 0 Å². The maximum atomic E-state index is 5.97. The number of rotatable bonds is 4. The molecular weight excluding hydrogens is 286 g/mol. The molecule has 0 aliphatic carbocycles. The van der Waals surface area contributed by atoms with Crippen LogP contribution in [-0.4, -0.2) is 47.6 Å². The number of aryl methyl sites for hydroxylation is 1. The van der Waals surface area contributed by atoms with E-state index in [9.17, 15) is 0 Å². The van der Waals surface area contributed by atoms with Gasteiger partial charge in [-0.3, -0.25) is 0 Å². The predicted octanol–water partition coefficient (Wildman–Crippen LogP) is 3.09. The van der Waals surface area contributed by atoms with E-state index in [0.29, 0.717) is 11.9 Å². The van der Waals surface area contributed by atoms with Crippen molar-refractivity contribution in [1.82, 2.24) is 14.5 Å². The van der Waals surface area contributed by atoms with Crippen molar-refractivity contribution in [3.8, 4) is 5.75 Å². The third kappa shape index (κ3) is 2.87. The van der Waals surface area contributed by atoms with Crippen molar-refractivity contribution in [2.45, 2.75) is 25.3 Å². The molecule has 0 bridgehead atoms. The van der Waals surface area contributed by atoms with Crippen LogP contribution < -0.4 is 4.74 Å². The zero-order valence-corrected chi connectivity index (χ0v) is 13.4. The number of benzene rings is 1. The van der Waals surface area contributed by atoms with Gasteiger partial charge in [0.2, 0.25) is 0 Å². The van der Waals surface area contributed by atoms with Gasteiger partial charge in [-0.1, -0.05) is 0 Å². The predicted molar refractivity (Wildman–Crippen MR) is 86.5 cm³/mol. The Balaban J connectivity index is 2.05. The third-order valence-electron chi connectivity index (χ3n) is 4.34. The van der Waals surface area contributed by atoms with Crippen molar-refractivity contribution >= 4 is 22.6 Å². The van der Waals surface area contributed by atoms with Crippen LogP contribution >= 0.6 is 11.6 Å². The number of likely N-dealkylation sites (tertiary alicyclic amines) is 1. The first kappa shape index (κ1) is 14.7. The maximum absolute atomic E-state index is 5.97. The van der Waals surface area contributed by atoms with Gasteiger partial charge in [-0.15, -0.1) is 11.6 Å². The fraction of sp³-hybridized carbons (Fsp3) is 0.562. The van der Waals surface area contributed by atoms with Gasteiger partial charge in [-0.25, -0.2) is 4.98 Å². The average Bonchev–Trinajstić information content (AvgIpc) is 2.85. The highest BCUT2D eigenvalue weighted by atomic mass is 35.5. The summed E-state index contributed by atoms with van der Waals surface area (Å²) in [6.45, 7) is 2.27. The molecule has 1 aliphatic rings. The summed E-state index contributed by atoms with van der Waals surface area (Å²) in [5.41, 5.74) is 2.21. The topological polar surface area (TPSA) is 30.3 Å². The molecule has 5 heteroatoms. The number of nitrogens with zero attached hydrogens (tertiary/aromatic N) is 3. The first-order chi connectivity index (χ1) is 10.2. The second-order valence-electron chi connectivity index (χ2n) is 5.73. The number of hydrogen-bond donors (Lipinski definition) is 0. The Labute approximate surface area is 130 Å². The zero-order valence-electron chi connectivity index (χ0n) is 12.7. The molecule has 1 aromatic carbocycles. The number of hydrogen-bond acceptors (Lipinski definition) is 3. The molecule has 0 radical (unpaired) electrons. The van der Waals surface area contributed by atoms with E-state index in [-0.39, 0.29) is 0 Å². The molecular formula is C16H22ClN3O. The second kappa shape index (κ2) is 6.24. The number of aromatic nitrogens is 2. The summed E-state index contributed by atoms with van der Waals surface area (Å²) < 4.78 is 7.77. The van der Waals surface area contributed by atoms with Crippen LogP contribution in [0.25, 0.3) is 11.0 Å². The molecule has 1 aliphatic heterocycles. The summed E-state index contributed by atoms with van der Waals surface area (Å²) in [7, 11) is 3.89. The van der Waals surface area contributed by atoms with Gasteiger partial charge in [0.25, 0.3) is 0 Å². The molecule has 1 aromatic heterocycles. The van der Waals surface area contributed by atoms with E-state index in [0.717, 1.165) is 49.4 Å². The Morgan fingerprint density at radius 2 is 2.10 bits per heavy atom. The quantitative estimate of drug-likeness (QED) is 0.813. The second-order valence-corrected chi connectivity index (χ2v) is 6.10. The minimum absolute atomic E-state index is 0.511. The van der Waals surface area contributed by atoms with Gasteiger partial charge >= 0.3 is 0 Å². The fourth-order valence-corrected chi connectivity index (χ4v) is 3.34. The standard InChI is InChI=1S/C16H22ClN3O/c1-19-9-6-12(7-10-19)20-15-11-13(21-2)3-4-14(15)18-16(20)5-8-17/h3-4,11-12H,5-10H2,1-2H3. The van der Waals surface area contributed by atoms with Gasteiger partial charge in [0.15, 0.2) is 0 Å². The SMILES string of the molecule is COc1ccc2nc(CCCl)n(C3CCN(C)CC3)c2c1. The van der Waals surface area contributed by atoms with Crippen LogP contribution in [0.2, 0.25) is 0 Å². The lowest BCUT2D eigenvalue weighted by atomic mass is 10.0. The summed E-state index contributed by atoms with van der Waals surface area (Å²) in [4.78, 5) is 7.17. The Morgan fingerprint density at radius 1 is 1.33 bits per heavy atom. The van der Waals surface area contributed by atoms with Crippen molar-refractivity contribution in [3.05, 3.63) is 24.0 Å². The molecule has 0 unspecified atom stereocenters. The van der Waals surface area contributed by atoms with Crippen LogP contribution in [0.1, 0.15) is 24.7 Å². The van der Waals surface area contributed by atoms with Gasteiger partial charge in [-0.05, 0) is 45.1 Å². The molecule has 0 N–H and O–H groups in total. The number of alkyl halides is 1. The van der Waals surface area contributed by atoms with Gasteiger partial charge in [-0.2, -0.15) is 0 Å². The summed E-state index contributed by atoms with van der Waals surface area (Å²) in [6.07, 6.45) is 3.13. The normalized spacial score (nSPS) is 17.5. The molecule has 21 heavy (non-hydrogen) atoms. The summed E-state index contributed by atoms with van der Waals surface area (Å²) in [5.74, 6) is 2.59. The summed E-state index contributed by atoms with van der Waals surface area (Å²) in [5, 5.41) is 0. The number of fused-ring (bicyclic) bond motifs is 1. The Hall–Kier alpha value is -1.26. The lowest BCUT2D eigenvalue weighted by Crippen LogP contribution is -2.32. The molecule has 0 atom stereocenters. The monoisotopic (exact) mass is 307 g/mol. The molecule has 3 rings (SSSR count). The highest BCUT2D eigenvalue weighted by Crippen LogP contribution is 2.30. The van der Waals surface area contributed by atoms with Crippen molar-refractivity contribution in [1.29, 1.82) is 0 Å². The Bertz CT molecular complexity index is 617. The zero-order chi connectivity index (χ0) is 14.8. The lowest BCUT2D eigenvalue weighted by Gasteiger charge is -2.31. The first-order valence-electron chi connectivity index (χ1n) is 7.52. The Kier molecular flexibility index (Phi) is 4.36. The van der Waals surface area contributed by atoms with Crippen LogP contribution in [0.4, 0.5) is 0 Å². The van der Waals surface area contributed by atoms with E-state index in [1.165, 1.54) is 5.52 Å². The maximum Gasteiger partial charge on any atom is 0.121 e. The van der Waals surface area contributed by atoms with E-state index in [2.05, 4.69) is 22.6 Å². The molecule has 0 spiro atoms. The van der Waals surface area contributed by atoms with Gasteiger partial charge < -0.3 is 14.2 Å². The van der Waals surface area contributed by atoms with Crippen LogP contribution in [0.15, 0.2) is 18.2 Å². The molecule has 114 valence electrons. The highest BCUT2D eigenvalue weighted by Gasteiger charge is 2.23. The van der Waals surface area contributed by atoms with E-state index >= 15 is 0 Å².